The number of hydrogen-bond acceptors (Lipinski definition) is 3. The normalized spacial score (nSPS) is 29.4. The third-order valence-corrected chi connectivity index (χ3v) is 5.37. The van der Waals surface area contributed by atoms with E-state index in [1.165, 1.54) is 0 Å². The maximum absolute atomic E-state index is 11.7. The van der Waals surface area contributed by atoms with Crippen LogP contribution in [0.3, 0.4) is 0 Å². The SMILES string of the molecule is CC[C@@]1(I)C(=O)OC[C@H]1Cc1cncn1C. The lowest BCUT2D eigenvalue weighted by molar-refractivity contribution is -0.139. The predicted octanol–water partition coefficient (Wildman–Crippen LogP) is 1.72. The largest absolute Gasteiger partial charge is 0.464 e. The molecule has 2 atom stereocenters. The second kappa shape index (κ2) is 4.35. The smallest absolute Gasteiger partial charge is 0.322 e. The average molecular weight is 334 g/mol. The van der Waals surface area contributed by atoms with Gasteiger partial charge < -0.3 is 9.30 Å². The molecule has 0 aromatic carbocycles. The summed E-state index contributed by atoms with van der Waals surface area (Å²) in [5.41, 5.74) is 1.15. The molecule has 1 aromatic heterocycles. The van der Waals surface area contributed by atoms with Crippen molar-refractivity contribution in [2.24, 2.45) is 13.0 Å². The molecule has 0 aliphatic carbocycles. The summed E-state index contributed by atoms with van der Waals surface area (Å²) in [5.74, 6) is 0.184. The highest BCUT2D eigenvalue weighted by Crippen LogP contribution is 2.40. The summed E-state index contributed by atoms with van der Waals surface area (Å²) in [6.45, 7) is 2.57. The number of imidazole rings is 1. The van der Waals surface area contributed by atoms with Crippen LogP contribution in [0.25, 0.3) is 0 Å². The highest BCUT2D eigenvalue weighted by atomic mass is 127. The topological polar surface area (TPSA) is 44.1 Å². The number of alkyl halides is 1. The zero-order chi connectivity index (χ0) is 11.8. The van der Waals surface area contributed by atoms with E-state index in [2.05, 4.69) is 27.6 Å². The number of esters is 1. The summed E-state index contributed by atoms with van der Waals surface area (Å²) in [6.07, 6.45) is 5.30. The molecule has 5 heteroatoms. The van der Waals surface area contributed by atoms with Crippen molar-refractivity contribution in [1.82, 2.24) is 9.55 Å². The van der Waals surface area contributed by atoms with E-state index in [9.17, 15) is 4.79 Å². The fourth-order valence-electron chi connectivity index (χ4n) is 2.08. The molecule has 0 unspecified atom stereocenters. The molecule has 1 saturated heterocycles. The molecule has 88 valence electrons. The van der Waals surface area contributed by atoms with E-state index >= 15 is 0 Å². The molecular weight excluding hydrogens is 319 g/mol. The van der Waals surface area contributed by atoms with Gasteiger partial charge in [0.2, 0.25) is 0 Å². The molecule has 1 fully saturated rings. The molecule has 0 N–H and O–H groups in total. The zero-order valence-corrected chi connectivity index (χ0v) is 11.6. The molecule has 0 spiro atoms. The first-order chi connectivity index (χ1) is 7.58. The van der Waals surface area contributed by atoms with Gasteiger partial charge in [-0.2, -0.15) is 0 Å². The van der Waals surface area contributed by atoms with E-state index in [1.54, 1.807) is 6.33 Å². The Balaban J connectivity index is 2.17. The van der Waals surface area contributed by atoms with Crippen molar-refractivity contribution in [3.05, 3.63) is 18.2 Å². The van der Waals surface area contributed by atoms with Crippen molar-refractivity contribution in [1.29, 1.82) is 0 Å². The Labute approximate surface area is 109 Å². The van der Waals surface area contributed by atoms with Crippen LogP contribution in [0.15, 0.2) is 12.5 Å². The Morgan fingerprint density at radius 1 is 1.75 bits per heavy atom. The minimum Gasteiger partial charge on any atom is -0.464 e. The highest BCUT2D eigenvalue weighted by molar-refractivity contribution is 14.1. The number of cyclic esters (lactones) is 1. The van der Waals surface area contributed by atoms with Crippen LogP contribution in [0.5, 0.6) is 0 Å². The van der Waals surface area contributed by atoms with Gasteiger partial charge in [-0.1, -0.05) is 29.5 Å². The number of nitrogens with zero attached hydrogens (tertiary/aromatic N) is 2. The van der Waals surface area contributed by atoms with Crippen LogP contribution in [0.2, 0.25) is 0 Å². The molecule has 16 heavy (non-hydrogen) atoms. The Kier molecular flexibility index (Phi) is 3.23. The molecule has 0 saturated carbocycles. The monoisotopic (exact) mass is 334 g/mol. The minimum absolute atomic E-state index is 0.0669. The molecule has 0 amide bonds. The molecule has 2 rings (SSSR count). The van der Waals surface area contributed by atoms with Gasteiger partial charge in [0.15, 0.2) is 0 Å². The summed E-state index contributed by atoms with van der Waals surface area (Å²) < 4.78 is 6.82. The summed E-state index contributed by atoms with van der Waals surface area (Å²) in [4.78, 5) is 15.8. The van der Waals surface area contributed by atoms with Gasteiger partial charge in [0, 0.05) is 24.9 Å². The molecular formula is C11H15IN2O2. The van der Waals surface area contributed by atoms with Gasteiger partial charge in [-0.25, -0.2) is 4.98 Å². The lowest BCUT2D eigenvalue weighted by atomic mass is 9.89. The molecule has 1 aliphatic rings. The minimum atomic E-state index is -0.359. The van der Waals surface area contributed by atoms with E-state index < -0.39 is 0 Å². The van der Waals surface area contributed by atoms with Crippen LogP contribution in [-0.2, 0) is 23.0 Å². The summed E-state index contributed by atoms with van der Waals surface area (Å²) in [6, 6.07) is 0. The second-order valence-corrected chi connectivity index (χ2v) is 6.14. The Bertz CT molecular complexity index is 404. The van der Waals surface area contributed by atoms with Gasteiger partial charge in [-0.05, 0) is 12.8 Å². The molecule has 0 bridgehead atoms. The molecule has 2 heterocycles. The van der Waals surface area contributed by atoms with Crippen LogP contribution < -0.4 is 0 Å². The first-order valence-electron chi connectivity index (χ1n) is 5.39. The quantitative estimate of drug-likeness (QED) is 0.480. The van der Waals surface area contributed by atoms with Crippen molar-refractivity contribution >= 4 is 28.6 Å². The Hall–Kier alpha value is -0.590. The summed E-state index contributed by atoms with van der Waals surface area (Å²) >= 11 is 2.25. The van der Waals surface area contributed by atoms with Gasteiger partial charge in [0.05, 0.1) is 12.9 Å². The van der Waals surface area contributed by atoms with E-state index in [4.69, 9.17) is 4.74 Å². The van der Waals surface area contributed by atoms with Crippen molar-refractivity contribution in [3.8, 4) is 0 Å². The van der Waals surface area contributed by atoms with Crippen LogP contribution in [0, 0.1) is 5.92 Å². The van der Waals surface area contributed by atoms with Gasteiger partial charge in [-0.3, -0.25) is 4.79 Å². The number of aromatic nitrogens is 2. The van der Waals surface area contributed by atoms with E-state index in [0.29, 0.717) is 6.61 Å². The number of halogens is 1. The third kappa shape index (κ3) is 1.85. The van der Waals surface area contributed by atoms with Crippen LogP contribution >= 0.6 is 22.6 Å². The lowest BCUT2D eigenvalue weighted by Crippen LogP contribution is -2.34. The highest BCUT2D eigenvalue weighted by Gasteiger charge is 2.49. The standard InChI is InChI=1S/C11H15IN2O2/c1-3-11(12)8(6-16-10(11)15)4-9-5-13-7-14(9)2/h5,7-8H,3-4,6H2,1-2H3/t8-,11+/m1/s1. The van der Waals surface area contributed by atoms with Crippen molar-refractivity contribution in [3.63, 3.8) is 0 Å². The van der Waals surface area contributed by atoms with Crippen molar-refractivity contribution in [2.75, 3.05) is 6.61 Å². The molecule has 4 nitrogen and oxygen atoms in total. The van der Waals surface area contributed by atoms with E-state index in [1.807, 2.05) is 24.7 Å². The number of rotatable bonds is 3. The number of ether oxygens (including phenoxy) is 1. The number of carbonyl (C=O) groups is 1. The summed E-state index contributed by atoms with van der Waals surface area (Å²) in [7, 11) is 1.97. The first kappa shape index (κ1) is 11.9. The van der Waals surface area contributed by atoms with Gasteiger partial charge in [0.1, 0.15) is 3.42 Å². The van der Waals surface area contributed by atoms with Crippen molar-refractivity contribution in [2.45, 2.75) is 23.2 Å². The predicted molar refractivity (Wildman–Crippen MR) is 68.4 cm³/mol. The number of aryl methyl sites for hydroxylation is 1. The maximum Gasteiger partial charge on any atom is 0.322 e. The van der Waals surface area contributed by atoms with Crippen LogP contribution in [-0.4, -0.2) is 25.5 Å². The average Bonchev–Trinajstić information content (AvgIpc) is 2.79. The number of hydrogen-bond donors (Lipinski definition) is 0. The van der Waals surface area contributed by atoms with Gasteiger partial charge >= 0.3 is 5.97 Å². The Morgan fingerprint density at radius 3 is 3.06 bits per heavy atom. The van der Waals surface area contributed by atoms with Crippen LogP contribution in [0.4, 0.5) is 0 Å². The Morgan fingerprint density at radius 2 is 2.50 bits per heavy atom. The first-order valence-corrected chi connectivity index (χ1v) is 6.47. The fraction of sp³-hybridized carbons (Fsp3) is 0.636. The lowest BCUT2D eigenvalue weighted by Gasteiger charge is -2.22. The molecule has 1 aromatic rings. The second-order valence-electron chi connectivity index (χ2n) is 4.21. The van der Waals surface area contributed by atoms with Gasteiger partial charge in [0.25, 0.3) is 0 Å². The number of carbonyl (C=O) groups excluding carboxylic acids is 1. The summed E-state index contributed by atoms with van der Waals surface area (Å²) in [5, 5.41) is 0. The van der Waals surface area contributed by atoms with Crippen molar-refractivity contribution < 1.29 is 9.53 Å². The molecule has 0 radical (unpaired) electrons. The fourth-order valence-corrected chi connectivity index (χ4v) is 2.64. The maximum atomic E-state index is 11.7. The third-order valence-electron chi connectivity index (χ3n) is 3.29. The van der Waals surface area contributed by atoms with E-state index in [-0.39, 0.29) is 15.3 Å². The van der Waals surface area contributed by atoms with E-state index in [0.717, 1.165) is 18.5 Å². The van der Waals surface area contributed by atoms with Crippen LogP contribution in [0.1, 0.15) is 19.0 Å². The molecule has 1 aliphatic heterocycles. The van der Waals surface area contributed by atoms with Gasteiger partial charge in [-0.15, -0.1) is 0 Å². The zero-order valence-electron chi connectivity index (χ0n) is 9.44.